The fourth-order valence-electron chi connectivity index (χ4n) is 1.68. The van der Waals surface area contributed by atoms with Crippen molar-refractivity contribution in [3.63, 3.8) is 0 Å². The topological polar surface area (TPSA) is 29.5 Å². The van der Waals surface area contributed by atoms with Gasteiger partial charge in [0.25, 0.3) is 0 Å². The molecule has 0 aliphatic rings. The molecule has 0 saturated carbocycles. The van der Waals surface area contributed by atoms with Gasteiger partial charge in [-0.1, -0.05) is 29.8 Å². The smallest absolute Gasteiger partial charge is 0.131 e. The van der Waals surface area contributed by atoms with Crippen LogP contribution in [-0.2, 0) is 13.0 Å². The molecule has 2 aromatic rings. The van der Waals surface area contributed by atoms with Crippen LogP contribution in [0.25, 0.3) is 0 Å². The highest BCUT2D eigenvalue weighted by atomic mass is 35.5. The molecule has 0 radical (unpaired) electrons. The third kappa shape index (κ3) is 3.94. The minimum atomic E-state index is -0.371. The van der Waals surface area contributed by atoms with E-state index in [1.807, 2.05) is 12.1 Å². The molecule has 0 amide bonds. The van der Waals surface area contributed by atoms with Crippen LogP contribution >= 0.6 is 11.6 Å². The third-order valence-electron chi connectivity index (χ3n) is 2.73. The number of rotatable bonds is 5. The molecule has 0 aromatic heterocycles. The maximum absolute atomic E-state index is 13.5. The predicted molar refractivity (Wildman–Crippen MR) is 73.0 cm³/mol. The first-order valence-corrected chi connectivity index (χ1v) is 6.33. The highest BCUT2D eigenvalue weighted by molar-refractivity contribution is 6.30. The van der Waals surface area contributed by atoms with E-state index in [9.17, 15) is 4.39 Å². The maximum Gasteiger partial charge on any atom is 0.131 e. The average molecular weight is 281 g/mol. The van der Waals surface area contributed by atoms with Crippen molar-refractivity contribution in [3.8, 4) is 5.75 Å². The molecule has 4 heteroatoms. The molecule has 0 spiro atoms. The summed E-state index contributed by atoms with van der Waals surface area (Å²) >= 11 is 5.68. The van der Waals surface area contributed by atoms with Crippen molar-refractivity contribution in [2.24, 2.45) is 0 Å². The quantitative estimate of drug-likeness (QED) is 0.907. The molecule has 2 nitrogen and oxygen atoms in total. The van der Waals surface area contributed by atoms with Crippen LogP contribution in [0.3, 0.4) is 0 Å². The van der Waals surface area contributed by atoms with E-state index in [-0.39, 0.29) is 19.0 Å². The first kappa shape index (κ1) is 13.8. The van der Waals surface area contributed by atoms with Crippen LogP contribution in [0.2, 0.25) is 5.02 Å². The first-order chi connectivity index (χ1) is 9.19. The van der Waals surface area contributed by atoms with Crippen LogP contribution in [0.1, 0.15) is 11.1 Å². The second-order valence-electron chi connectivity index (χ2n) is 4.14. The van der Waals surface area contributed by atoms with E-state index >= 15 is 0 Å². The summed E-state index contributed by atoms with van der Waals surface area (Å²) in [7, 11) is 0. The summed E-state index contributed by atoms with van der Waals surface area (Å²) in [6.07, 6.45) is 0.617. The third-order valence-corrected chi connectivity index (χ3v) is 2.97. The Balaban J connectivity index is 1.98. The van der Waals surface area contributed by atoms with Crippen molar-refractivity contribution in [3.05, 3.63) is 64.4 Å². The van der Waals surface area contributed by atoms with Gasteiger partial charge in [0.1, 0.15) is 18.2 Å². The number of halogens is 2. The van der Waals surface area contributed by atoms with Gasteiger partial charge in [-0.25, -0.2) is 4.39 Å². The monoisotopic (exact) mass is 280 g/mol. The highest BCUT2D eigenvalue weighted by Gasteiger charge is 2.04. The number of aliphatic hydroxyl groups is 1. The number of ether oxygens (including phenoxy) is 1. The van der Waals surface area contributed by atoms with Crippen LogP contribution in [0.15, 0.2) is 42.5 Å². The van der Waals surface area contributed by atoms with Gasteiger partial charge in [0.2, 0.25) is 0 Å². The predicted octanol–water partition coefficient (Wildman–Crippen LogP) is 3.59. The molecule has 0 atom stereocenters. The lowest BCUT2D eigenvalue weighted by Crippen LogP contribution is -1.98. The molecule has 1 N–H and O–H groups in total. The van der Waals surface area contributed by atoms with Gasteiger partial charge >= 0.3 is 0 Å². The molecule has 100 valence electrons. The SMILES string of the molecule is OCCc1ccc(OCc2ccc(Cl)cc2F)cc1. The van der Waals surface area contributed by atoms with Crippen LogP contribution < -0.4 is 4.74 Å². The zero-order valence-corrected chi connectivity index (χ0v) is 11.0. The van der Waals surface area contributed by atoms with Gasteiger partial charge in [-0.2, -0.15) is 0 Å². The van der Waals surface area contributed by atoms with E-state index in [2.05, 4.69) is 0 Å². The van der Waals surface area contributed by atoms with Gasteiger partial charge in [0.15, 0.2) is 0 Å². The van der Waals surface area contributed by atoms with Crippen molar-refractivity contribution in [1.82, 2.24) is 0 Å². The Morgan fingerprint density at radius 1 is 1.11 bits per heavy atom. The summed E-state index contributed by atoms with van der Waals surface area (Å²) in [6, 6.07) is 11.9. The van der Waals surface area contributed by atoms with Gasteiger partial charge in [-0.05, 0) is 36.2 Å². The molecule has 19 heavy (non-hydrogen) atoms. The van der Waals surface area contributed by atoms with Crippen molar-refractivity contribution < 1.29 is 14.2 Å². The Hall–Kier alpha value is -1.58. The standard InChI is InChI=1S/C15H14ClFO2/c16-13-4-3-12(15(17)9-13)10-19-14-5-1-11(2-6-14)7-8-18/h1-6,9,18H,7-8,10H2. The molecule has 0 aliphatic carbocycles. The molecular weight excluding hydrogens is 267 g/mol. The van der Waals surface area contributed by atoms with E-state index in [4.69, 9.17) is 21.4 Å². The molecule has 0 unspecified atom stereocenters. The number of benzene rings is 2. The van der Waals surface area contributed by atoms with Gasteiger partial charge in [-0.15, -0.1) is 0 Å². The molecular formula is C15H14ClFO2. The van der Waals surface area contributed by atoms with E-state index in [1.165, 1.54) is 6.07 Å². The largest absolute Gasteiger partial charge is 0.489 e. The average Bonchev–Trinajstić information content (AvgIpc) is 2.40. The van der Waals surface area contributed by atoms with Crippen molar-refractivity contribution in [1.29, 1.82) is 0 Å². The molecule has 0 fully saturated rings. The summed E-state index contributed by atoms with van der Waals surface area (Å²) in [5, 5.41) is 9.18. The number of aliphatic hydroxyl groups excluding tert-OH is 1. The summed E-state index contributed by atoms with van der Waals surface area (Å²) < 4.78 is 19.0. The molecule has 2 aromatic carbocycles. The second-order valence-corrected chi connectivity index (χ2v) is 4.58. The van der Waals surface area contributed by atoms with Gasteiger partial charge in [0.05, 0.1) is 0 Å². The van der Waals surface area contributed by atoms with E-state index in [0.717, 1.165) is 5.56 Å². The van der Waals surface area contributed by atoms with Crippen molar-refractivity contribution >= 4 is 11.6 Å². The van der Waals surface area contributed by atoms with Crippen LogP contribution in [0.5, 0.6) is 5.75 Å². The van der Waals surface area contributed by atoms with Gasteiger partial charge in [0, 0.05) is 17.2 Å². The van der Waals surface area contributed by atoms with E-state index in [0.29, 0.717) is 22.8 Å². The zero-order chi connectivity index (χ0) is 13.7. The summed E-state index contributed by atoms with van der Waals surface area (Å²) in [4.78, 5) is 0. The Kier molecular flexibility index (Phi) is 4.77. The van der Waals surface area contributed by atoms with E-state index < -0.39 is 0 Å². The maximum atomic E-state index is 13.5. The zero-order valence-electron chi connectivity index (χ0n) is 10.3. The minimum absolute atomic E-state index is 0.121. The Bertz CT molecular complexity index is 540. The Morgan fingerprint density at radius 2 is 1.84 bits per heavy atom. The van der Waals surface area contributed by atoms with Gasteiger partial charge in [-0.3, -0.25) is 0 Å². The lowest BCUT2D eigenvalue weighted by Gasteiger charge is -2.08. The normalized spacial score (nSPS) is 10.5. The molecule has 0 aliphatic heterocycles. The van der Waals surface area contributed by atoms with E-state index in [1.54, 1.807) is 24.3 Å². The molecule has 0 bridgehead atoms. The van der Waals surface area contributed by atoms with Crippen molar-refractivity contribution in [2.75, 3.05) is 6.61 Å². The summed E-state index contributed by atoms with van der Waals surface area (Å²) in [5.74, 6) is 0.292. The Labute approximate surface area is 116 Å². The van der Waals surface area contributed by atoms with Crippen molar-refractivity contribution in [2.45, 2.75) is 13.0 Å². The highest BCUT2D eigenvalue weighted by Crippen LogP contribution is 2.18. The second kappa shape index (κ2) is 6.55. The fraction of sp³-hybridized carbons (Fsp3) is 0.200. The summed E-state index contributed by atoms with van der Waals surface area (Å²) in [5.41, 5.74) is 1.50. The summed E-state index contributed by atoms with van der Waals surface area (Å²) in [6.45, 7) is 0.276. The Morgan fingerprint density at radius 3 is 2.47 bits per heavy atom. The van der Waals surface area contributed by atoms with Crippen LogP contribution in [-0.4, -0.2) is 11.7 Å². The lowest BCUT2D eigenvalue weighted by atomic mass is 10.1. The first-order valence-electron chi connectivity index (χ1n) is 5.95. The van der Waals surface area contributed by atoms with Gasteiger partial charge < -0.3 is 9.84 Å². The number of hydrogen-bond acceptors (Lipinski definition) is 2. The molecule has 2 rings (SSSR count). The fourth-order valence-corrected chi connectivity index (χ4v) is 1.84. The lowest BCUT2D eigenvalue weighted by molar-refractivity contribution is 0.296. The molecule has 0 heterocycles. The van der Waals surface area contributed by atoms with Crippen LogP contribution in [0, 0.1) is 5.82 Å². The van der Waals surface area contributed by atoms with Crippen LogP contribution in [0.4, 0.5) is 4.39 Å². The minimum Gasteiger partial charge on any atom is -0.489 e. The molecule has 0 saturated heterocycles. The number of hydrogen-bond donors (Lipinski definition) is 1.